The fraction of sp³-hybridized carbons (Fsp3) is 0.533. The molecule has 0 heterocycles. The number of carbonyl (C=O) groups is 1. The Kier molecular flexibility index (Phi) is 5.21. The molecule has 1 aliphatic carbocycles. The zero-order valence-electron chi connectivity index (χ0n) is 11.3. The molecule has 2 rings (SSSR count). The SMILES string of the molecule is Cc1cccc(C(=O)NC(CN)C2CCCC2)c1I. The number of benzene rings is 1. The Hall–Kier alpha value is -0.620. The number of aryl methyl sites for hydroxylation is 1. The average Bonchev–Trinajstić information content (AvgIpc) is 2.92. The first kappa shape index (κ1) is 14.8. The molecule has 1 fully saturated rings. The predicted octanol–water partition coefficient (Wildman–Crippen LogP) is 2.85. The fourth-order valence-corrected chi connectivity index (χ4v) is 3.40. The molecular weight excluding hydrogens is 351 g/mol. The molecule has 1 aromatic carbocycles. The van der Waals surface area contributed by atoms with E-state index in [1.807, 2.05) is 25.1 Å². The molecule has 1 aliphatic rings. The van der Waals surface area contributed by atoms with Gasteiger partial charge >= 0.3 is 0 Å². The van der Waals surface area contributed by atoms with E-state index in [4.69, 9.17) is 5.73 Å². The van der Waals surface area contributed by atoms with Gasteiger partial charge in [-0.25, -0.2) is 0 Å². The van der Waals surface area contributed by atoms with Gasteiger partial charge in [-0.1, -0.05) is 25.0 Å². The summed E-state index contributed by atoms with van der Waals surface area (Å²) >= 11 is 2.24. The fourth-order valence-electron chi connectivity index (χ4n) is 2.80. The third kappa shape index (κ3) is 3.48. The molecular formula is C15H21IN2O. The van der Waals surface area contributed by atoms with E-state index in [2.05, 4.69) is 27.9 Å². The quantitative estimate of drug-likeness (QED) is 0.799. The number of hydrogen-bond acceptors (Lipinski definition) is 2. The van der Waals surface area contributed by atoms with Gasteiger partial charge in [0.15, 0.2) is 0 Å². The van der Waals surface area contributed by atoms with E-state index in [9.17, 15) is 4.79 Å². The van der Waals surface area contributed by atoms with Gasteiger partial charge in [0.05, 0.1) is 5.56 Å². The second-order valence-corrected chi connectivity index (χ2v) is 6.38. The lowest BCUT2D eigenvalue weighted by atomic mass is 9.97. The maximum Gasteiger partial charge on any atom is 0.252 e. The third-order valence-corrected chi connectivity index (χ3v) is 5.41. The highest BCUT2D eigenvalue weighted by Gasteiger charge is 2.26. The number of carbonyl (C=O) groups excluding carboxylic acids is 1. The third-order valence-electron chi connectivity index (χ3n) is 3.98. The van der Waals surface area contributed by atoms with Gasteiger partial charge in [0.25, 0.3) is 5.91 Å². The standard InChI is InChI=1S/C15H21IN2O/c1-10-5-4-8-12(14(10)16)15(19)18-13(9-17)11-6-2-3-7-11/h4-5,8,11,13H,2-3,6-7,9,17H2,1H3,(H,18,19). The van der Waals surface area contributed by atoms with Gasteiger partial charge in [0, 0.05) is 16.2 Å². The molecule has 1 unspecified atom stereocenters. The van der Waals surface area contributed by atoms with Crippen molar-refractivity contribution in [2.75, 3.05) is 6.54 Å². The molecule has 1 aromatic rings. The zero-order valence-corrected chi connectivity index (χ0v) is 13.4. The van der Waals surface area contributed by atoms with Crippen LogP contribution in [0.4, 0.5) is 0 Å². The smallest absolute Gasteiger partial charge is 0.252 e. The van der Waals surface area contributed by atoms with Crippen LogP contribution in [0.3, 0.4) is 0 Å². The van der Waals surface area contributed by atoms with E-state index in [0.29, 0.717) is 12.5 Å². The summed E-state index contributed by atoms with van der Waals surface area (Å²) in [5, 5.41) is 3.12. The predicted molar refractivity (Wildman–Crippen MR) is 86.2 cm³/mol. The molecule has 4 heteroatoms. The monoisotopic (exact) mass is 372 g/mol. The molecule has 1 amide bonds. The summed E-state index contributed by atoms with van der Waals surface area (Å²) in [5.41, 5.74) is 7.73. The molecule has 0 aliphatic heterocycles. The summed E-state index contributed by atoms with van der Waals surface area (Å²) in [5.74, 6) is 0.562. The first-order valence-electron chi connectivity index (χ1n) is 6.89. The summed E-state index contributed by atoms with van der Waals surface area (Å²) in [6, 6.07) is 5.95. The van der Waals surface area contributed by atoms with Crippen molar-refractivity contribution in [2.24, 2.45) is 11.7 Å². The van der Waals surface area contributed by atoms with E-state index >= 15 is 0 Å². The van der Waals surface area contributed by atoms with Crippen molar-refractivity contribution in [3.63, 3.8) is 0 Å². The molecule has 19 heavy (non-hydrogen) atoms. The van der Waals surface area contributed by atoms with E-state index in [1.165, 1.54) is 25.7 Å². The van der Waals surface area contributed by atoms with Crippen LogP contribution in [-0.4, -0.2) is 18.5 Å². The normalized spacial score (nSPS) is 17.4. The van der Waals surface area contributed by atoms with Crippen LogP contribution < -0.4 is 11.1 Å². The summed E-state index contributed by atoms with van der Waals surface area (Å²) in [6.07, 6.45) is 4.90. The lowest BCUT2D eigenvalue weighted by Crippen LogP contribution is -2.44. The number of nitrogens with two attached hydrogens (primary N) is 1. The van der Waals surface area contributed by atoms with Crippen molar-refractivity contribution >= 4 is 28.5 Å². The van der Waals surface area contributed by atoms with E-state index in [0.717, 1.165) is 14.7 Å². The summed E-state index contributed by atoms with van der Waals surface area (Å²) in [6.45, 7) is 2.55. The molecule has 0 radical (unpaired) electrons. The highest BCUT2D eigenvalue weighted by atomic mass is 127. The summed E-state index contributed by atoms with van der Waals surface area (Å²) in [7, 11) is 0. The number of hydrogen-bond donors (Lipinski definition) is 2. The van der Waals surface area contributed by atoms with Gasteiger partial charge in [-0.2, -0.15) is 0 Å². The van der Waals surface area contributed by atoms with Crippen molar-refractivity contribution in [3.05, 3.63) is 32.9 Å². The Morgan fingerprint density at radius 1 is 1.47 bits per heavy atom. The molecule has 0 saturated heterocycles. The first-order valence-corrected chi connectivity index (χ1v) is 7.97. The number of amides is 1. The van der Waals surface area contributed by atoms with Crippen molar-refractivity contribution in [1.82, 2.24) is 5.32 Å². The molecule has 1 saturated carbocycles. The van der Waals surface area contributed by atoms with E-state index in [-0.39, 0.29) is 11.9 Å². The molecule has 104 valence electrons. The molecule has 0 spiro atoms. The highest BCUT2D eigenvalue weighted by Crippen LogP contribution is 2.27. The Morgan fingerprint density at radius 3 is 2.79 bits per heavy atom. The van der Waals surface area contributed by atoms with Gasteiger partial charge in [0.1, 0.15) is 0 Å². The Morgan fingerprint density at radius 2 is 2.16 bits per heavy atom. The molecule has 3 N–H and O–H groups in total. The molecule has 0 bridgehead atoms. The number of nitrogens with one attached hydrogen (secondary N) is 1. The van der Waals surface area contributed by atoms with Crippen LogP contribution in [0.15, 0.2) is 18.2 Å². The van der Waals surface area contributed by atoms with Crippen LogP contribution >= 0.6 is 22.6 Å². The summed E-state index contributed by atoms with van der Waals surface area (Å²) in [4.78, 5) is 12.4. The average molecular weight is 372 g/mol. The minimum atomic E-state index is 0.00968. The van der Waals surface area contributed by atoms with Gasteiger partial charge in [-0.05, 0) is 59.9 Å². The topological polar surface area (TPSA) is 55.1 Å². The van der Waals surface area contributed by atoms with Gasteiger partial charge < -0.3 is 11.1 Å². The lowest BCUT2D eigenvalue weighted by Gasteiger charge is -2.23. The highest BCUT2D eigenvalue weighted by molar-refractivity contribution is 14.1. The van der Waals surface area contributed by atoms with Crippen molar-refractivity contribution in [3.8, 4) is 0 Å². The van der Waals surface area contributed by atoms with Gasteiger partial charge in [0.2, 0.25) is 0 Å². The Bertz CT molecular complexity index is 455. The summed E-state index contributed by atoms with van der Waals surface area (Å²) < 4.78 is 1.03. The van der Waals surface area contributed by atoms with Crippen LogP contribution in [0, 0.1) is 16.4 Å². The maximum atomic E-state index is 12.4. The van der Waals surface area contributed by atoms with Crippen LogP contribution in [-0.2, 0) is 0 Å². The van der Waals surface area contributed by atoms with Crippen molar-refractivity contribution in [1.29, 1.82) is 0 Å². The lowest BCUT2D eigenvalue weighted by molar-refractivity contribution is 0.0923. The Labute approximate surface area is 128 Å². The van der Waals surface area contributed by atoms with Gasteiger partial charge in [-0.15, -0.1) is 0 Å². The molecule has 0 aromatic heterocycles. The van der Waals surface area contributed by atoms with E-state index in [1.54, 1.807) is 0 Å². The second kappa shape index (κ2) is 6.70. The molecule has 3 nitrogen and oxygen atoms in total. The minimum Gasteiger partial charge on any atom is -0.348 e. The van der Waals surface area contributed by atoms with Crippen LogP contribution in [0.5, 0.6) is 0 Å². The number of halogens is 1. The second-order valence-electron chi connectivity index (χ2n) is 5.30. The van der Waals surface area contributed by atoms with Crippen LogP contribution in [0.2, 0.25) is 0 Å². The van der Waals surface area contributed by atoms with Gasteiger partial charge in [-0.3, -0.25) is 4.79 Å². The first-order chi connectivity index (χ1) is 9.13. The van der Waals surface area contributed by atoms with Crippen LogP contribution in [0.1, 0.15) is 41.6 Å². The van der Waals surface area contributed by atoms with Crippen LogP contribution in [0.25, 0.3) is 0 Å². The Balaban J connectivity index is 2.08. The van der Waals surface area contributed by atoms with E-state index < -0.39 is 0 Å². The molecule has 1 atom stereocenters. The van der Waals surface area contributed by atoms with Crippen molar-refractivity contribution in [2.45, 2.75) is 38.6 Å². The zero-order chi connectivity index (χ0) is 13.8. The number of rotatable bonds is 4. The maximum absolute atomic E-state index is 12.4. The minimum absolute atomic E-state index is 0.00968. The van der Waals surface area contributed by atoms with Crippen molar-refractivity contribution < 1.29 is 4.79 Å². The largest absolute Gasteiger partial charge is 0.348 e.